The highest BCUT2D eigenvalue weighted by atomic mass is 35.5. The molecule has 106 valence electrons. The average molecular weight is 316 g/mol. The van der Waals surface area contributed by atoms with Crippen LogP contribution in [0.5, 0.6) is 0 Å². The third kappa shape index (κ3) is 3.54. The lowest BCUT2D eigenvalue weighted by Crippen LogP contribution is -2.40. The molecule has 1 aromatic heterocycles. The van der Waals surface area contributed by atoms with E-state index in [0.29, 0.717) is 17.1 Å². The normalized spacial score (nSPS) is 16.9. The zero-order chi connectivity index (χ0) is 14.3. The lowest BCUT2D eigenvalue weighted by atomic mass is 10.6. The predicted molar refractivity (Wildman–Crippen MR) is 60.0 cm³/mol. The maximum absolute atomic E-state index is 12.4. The lowest BCUT2D eigenvalue weighted by Gasteiger charge is -2.22. The summed E-state index contributed by atoms with van der Waals surface area (Å²) in [6.45, 7) is -1.51. The van der Waals surface area contributed by atoms with Crippen molar-refractivity contribution in [2.24, 2.45) is 0 Å². The first-order chi connectivity index (χ1) is 8.70. The van der Waals surface area contributed by atoms with Crippen LogP contribution in [0.15, 0.2) is 17.3 Å². The summed E-state index contributed by atoms with van der Waals surface area (Å²) in [6.07, 6.45) is -1.96. The summed E-state index contributed by atoms with van der Waals surface area (Å²) in [4.78, 5) is 6.55. The van der Waals surface area contributed by atoms with Gasteiger partial charge < -0.3 is 0 Å². The molecule has 1 aromatic rings. The summed E-state index contributed by atoms with van der Waals surface area (Å²) in [6, 6.07) is -0.609. The largest absolute Gasteiger partial charge is 0.402 e. The molecule has 0 amide bonds. The van der Waals surface area contributed by atoms with Gasteiger partial charge in [-0.05, 0) is 24.4 Å². The molecule has 0 aliphatic heterocycles. The van der Waals surface area contributed by atoms with Crippen LogP contribution in [0.4, 0.5) is 13.2 Å². The Hall–Kier alpha value is -0.930. The SMILES string of the molecule is O=S(=O)(c1cnc(Cl)nc1)N(CC(F)(F)F)C1CC1. The fraction of sp³-hybridized carbons (Fsp3) is 0.556. The molecule has 2 rings (SSSR count). The predicted octanol–water partition coefficient (Wildman–Crippen LogP) is 1.85. The van der Waals surface area contributed by atoms with Gasteiger partial charge in [0, 0.05) is 6.04 Å². The molecular formula is C9H9ClF3N3O2S. The monoisotopic (exact) mass is 315 g/mol. The van der Waals surface area contributed by atoms with Gasteiger partial charge in [-0.15, -0.1) is 0 Å². The fourth-order valence-electron chi connectivity index (χ4n) is 1.52. The maximum atomic E-state index is 12.4. The second-order valence-corrected chi connectivity index (χ2v) is 6.31. The number of sulfonamides is 1. The van der Waals surface area contributed by atoms with Gasteiger partial charge in [-0.25, -0.2) is 18.4 Å². The Morgan fingerprint density at radius 3 is 2.26 bits per heavy atom. The number of hydrogen-bond donors (Lipinski definition) is 0. The van der Waals surface area contributed by atoms with E-state index in [0.717, 1.165) is 12.4 Å². The molecule has 5 nitrogen and oxygen atoms in total. The molecular weight excluding hydrogens is 307 g/mol. The van der Waals surface area contributed by atoms with Crippen molar-refractivity contribution in [3.05, 3.63) is 17.7 Å². The van der Waals surface area contributed by atoms with Crippen molar-refractivity contribution in [2.75, 3.05) is 6.54 Å². The second-order valence-electron chi connectivity index (χ2n) is 4.08. The van der Waals surface area contributed by atoms with Crippen LogP contribution in [0.3, 0.4) is 0 Å². The lowest BCUT2D eigenvalue weighted by molar-refractivity contribution is -0.137. The standard InChI is InChI=1S/C9H9ClF3N3O2S/c10-8-14-3-7(4-15-8)19(17,18)16(6-1-2-6)5-9(11,12)13/h3-4,6H,1-2,5H2. The summed E-state index contributed by atoms with van der Waals surface area (Å²) in [5.41, 5.74) is 0. The van der Waals surface area contributed by atoms with Gasteiger partial charge in [0.05, 0.1) is 12.4 Å². The molecule has 0 aromatic carbocycles. The van der Waals surface area contributed by atoms with E-state index >= 15 is 0 Å². The molecule has 19 heavy (non-hydrogen) atoms. The van der Waals surface area contributed by atoms with E-state index in [1.54, 1.807) is 0 Å². The molecule has 1 aliphatic rings. The molecule has 0 atom stereocenters. The third-order valence-electron chi connectivity index (χ3n) is 2.49. The van der Waals surface area contributed by atoms with Crippen LogP contribution in [0.2, 0.25) is 5.28 Å². The van der Waals surface area contributed by atoms with Crippen molar-refractivity contribution in [3.63, 3.8) is 0 Å². The minimum absolute atomic E-state index is 0.173. The van der Waals surface area contributed by atoms with Crippen molar-refractivity contribution in [2.45, 2.75) is 30.0 Å². The molecule has 0 radical (unpaired) electrons. The van der Waals surface area contributed by atoms with Crippen molar-refractivity contribution < 1.29 is 21.6 Å². The Balaban J connectivity index is 2.32. The van der Waals surface area contributed by atoms with Crippen LogP contribution < -0.4 is 0 Å². The van der Waals surface area contributed by atoms with Gasteiger partial charge in [-0.2, -0.15) is 17.5 Å². The van der Waals surface area contributed by atoms with Crippen LogP contribution in [0, 0.1) is 0 Å². The zero-order valence-corrected chi connectivity index (χ0v) is 11.0. The second kappa shape index (κ2) is 4.88. The summed E-state index contributed by atoms with van der Waals surface area (Å²) < 4.78 is 62.0. The topological polar surface area (TPSA) is 63.2 Å². The van der Waals surface area contributed by atoms with Crippen molar-refractivity contribution in [1.29, 1.82) is 0 Å². The van der Waals surface area contributed by atoms with E-state index in [2.05, 4.69) is 9.97 Å². The van der Waals surface area contributed by atoms with Gasteiger partial charge in [0.1, 0.15) is 11.4 Å². The smallest absolute Gasteiger partial charge is 0.225 e. The number of rotatable bonds is 4. The number of hydrogen-bond acceptors (Lipinski definition) is 4. The summed E-state index contributed by atoms with van der Waals surface area (Å²) in [5.74, 6) is 0. The van der Waals surface area contributed by atoms with E-state index in [1.165, 1.54) is 0 Å². The number of aromatic nitrogens is 2. The quantitative estimate of drug-likeness (QED) is 0.795. The summed E-state index contributed by atoms with van der Waals surface area (Å²) in [5, 5.41) is -0.173. The van der Waals surface area contributed by atoms with E-state index in [-0.39, 0.29) is 5.28 Å². The third-order valence-corrected chi connectivity index (χ3v) is 4.54. The van der Waals surface area contributed by atoms with Crippen LogP contribution in [0.1, 0.15) is 12.8 Å². The number of alkyl halides is 3. The molecule has 1 saturated carbocycles. The summed E-state index contributed by atoms with van der Waals surface area (Å²) >= 11 is 5.41. The number of nitrogens with zero attached hydrogens (tertiary/aromatic N) is 3. The van der Waals surface area contributed by atoms with Gasteiger partial charge in [0.25, 0.3) is 0 Å². The molecule has 1 heterocycles. The molecule has 1 aliphatic carbocycles. The van der Waals surface area contributed by atoms with Crippen molar-refractivity contribution in [1.82, 2.24) is 14.3 Å². The zero-order valence-electron chi connectivity index (χ0n) is 9.43. The summed E-state index contributed by atoms with van der Waals surface area (Å²) in [7, 11) is -4.26. The Labute approximate surface area is 112 Å². The molecule has 0 bridgehead atoms. The fourth-order valence-corrected chi connectivity index (χ4v) is 3.18. The maximum Gasteiger partial charge on any atom is 0.402 e. The van der Waals surface area contributed by atoms with Crippen LogP contribution >= 0.6 is 11.6 Å². The molecule has 0 saturated heterocycles. The van der Waals surface area contributed by atoms with E-state index in [1.807, 2.05) is 0 Å². The van der Waals surface area contributed by atoms with E-state index in [9.17, 15) is 21.6 Å². The van der Waals surface area contributed by atoms with Gasteiger partial charge in [0.15, 0.2) is 0 Å². The van der Waals surface area contributed by atoms with E-state index < -0.39 is 33.7 Å². The Morgan fingerprint density at radius 1 is 1.32 bits per heavy atom. The van der Waals surface area contributed by atoms with Gasteiger partial charge in [-0.1, -0.05) is 0 Å². The first-order valence-corrected chi connectivity index (χ1v) is 7.08. The minimum Gasteiger partial charge on any atom is -0.225 e. The van der Waals surface area contributed by atoms with Gasteiger partial charge in [-0.3, -0.25) is 0 Å². The Morgan fingerprint density at radius 2 is 1.84 bits per heavy atom. The number of halogens is 4. The molecule has 1 fully saturated rings. The van der Waals surface area contributed by atoms with Gasteiger partial charge >= 0.3 is 6.18 Å². The van der Waals surface area contributed by atoms with Crippen LogP contribution in [-0.2, 0) is 10.0 Å². The van der Waals surface area contributed by atoms with Crippen molar-refractivity contribution in [3.8, 4) is 0 Å². The van der Waals surface area contributed by atoms with Crippen LogP contribution in [0.25, 0.3) is 0 Å². The molecule has 0 unspecified atom stereocenters. The Bertz CT molecular complexity index is 557. The van der Waals surface area contributed by atoms with Gasteiger partial charge in [0.2, 0.25) is 15.3 Å². The highest BCUT2D eigenvalue weighted by Crippen LogP contribution is 2.34. The highest BCUT2D eigenvalue weighted by molar-refractivity contribution is 7.89. The average Bonchev–Trinajstić information content (AvgIpc) is 3.09. The molecule has 0 N–H and O–H groups in total. The van der Waals surface area contributed by atoms with E-state index in [4.69, 9.17) is 11.6 Å². The first kappa shape index (κ1) is 14.5. The minimum atomic E-state index is -4.59. The van der Waals surface area contributed by atoms with Crippen LogP contribution in [-0.4, -0.2) is 41.5 Å². The molecule has 10 heteroatoms. The Kier molecular flexibility index (Phi) is 3.72. The molecule has 0 spiro atoms. The first-order valence-electron chi connectivity index (χ1n) is 5.26. The van der Waals surface area contributed by atoms with Crippen molar-refractivity contribution >= 4 is 21.6 Å². The highest BCUT2D eigenvalue weighted by Gasteiger charge is 2.44.